The molecule has 0 bridgehead atoms. The summed E-state index contributed by atoms with van der Waals surface area (Å²) < 4.78 is 0. The summed E-state index contributed by atoms with van der Waals surface area (Å²) in [4.78, 5) is 13.5. The van der Waals surface area contributed by atoms with E-state index in [4.69, 9.17) is 0 Å². The van der Waals surface area contributed by atoms with E-state index in [9.17, 15) is 9.90 Å². The van der Waals surface area contributed by atoms with Crippen LogP contribution in [0.4, 0.5) is 0 Å². The summed E-state index contributed by atoms with van der Waals surface area (Å²) in [6.07, 6.45) is -0.439. The Kier molecular flexibility index (Phi) is 3.17. The quantitative estimate of drug-likeness (QED) is 0.617. The van der Waals surface area contributed by atoms with Crippen molar-refractivity contribution in [1.82, 2.24) is 10.2 Å². The van der Waals surface area contributed by atoms with Crippen molar-refractivity contribution in [3.63, 3.8) is 0 Å². The number of aliphatic hydroxyl groups excluding tert-OH is 1. The zero-order valence-corrected chi connectivity index (χ0v) is 9.37. The van der Waals surface area contributed by atoms with Gasteiger partial charge in [-0.3, -0.25) is 4.79 Å². The molecule has 4 heteroatoms. The maximum atomic E-state index is 11.9. The van der Waals surface area contributed by atoms with E-state index in [1.165, 1.54) is 0 Å². The Morgan fingerprint density at radius 1 is 1.43 bits per heavy atom. The van der Waals surface area contributed by atoms with Crippen molar-refractivity contribution in [3.8, 4) is 0 Å². The third-order valence-corrected chi connectivity index (χ3v) is 2.61. The smallest absolute Gasteiger partial charge is 0.228 e. The Hall–Kier alpha value is -0.610. The topological polar surface area (TPSA) is 52.6 Å². The van der Waals surface area contributed by atoms with Crippen molar-refractivity contribution in [2.24, 2.45) is 5.41 Å². The summed E-state index contributed by atoms with van der Waals surface area (Å²) in [7, 11) is 1.76. The van der Waals surface area contributed by atoms with Crippen LogP contribution in [0.3, 0.4) is 0 Å². The molecule has 82 valence electrons. The second-order valence-corrected chi connectivity index (χ2v) is 4.96. The van der Waals surface area contributed by atoms with Crippen LogP contribution in [0.1, 0.15) is 20.8 Å². The summed E-state index contributed by atoms with van der Waals surface area (Å²) in [5.41, 5.74) is -0.378. The third kappa shape index (κ3) is 2.25. The molecule has 1 aliphatic heterocycles. The van der Waals surface area contributed by atoms with Gasteiger partial charge in [-0.2, -0.15) is 0 Å². The minimum Gasteiger partial charge on any atom is -0.390 e. The van der Waals surface area contributed by atoms with Crippen molar-refractivity contribution in [1.29, 1.82) is 0 Å². The molecule has 1 amide bonds. The highest BCUT2D eigenvalue weighted by atomic mass is 16.3. The lowest BCUT2D eigenvalue weighted by molar-refractivity contribution is -0.141. The number of aliphatic hydroxyl groups is 1. The van der Waals surface area contributed by atoms with Gasteiger partial charge in [0.1, 0.15) is 0 Å². The molecule has 1 fully saturated rings. The molecule has 0 saturated carbocycles. The normalized spacial score (nSPS) is 27.8. The standard InChI is InChI=1S/C10H20N2O2/c1-10(2,3)9(14)12(4)7-5-11-6-8(7)13/h7-8,11,13H,5-6H2,1-4H3/t7-,8-/m0/s1. The third-order valence-electron chi connectivity index (χ3n) is 2.61. The Balaban J connectivity index is 2.65. The van der Waals surface area contributed by atoms with Gasteiger partial charge in [-0.05, 0) is 0 Å². The van der Waals surface area contributed by atoms with Gasteiger partial charge in [0.05, 0.1) is 12.1 Å². The molecular weight excluding hydrogens is 180 g/mol. The van der Waals surface area contributed by atoms with Crippen LogP contribution >= 0.6 is 0 Å². The maximum Gasteiger partial charge on any atom is 0.228 e. The Morgan fingerprint density at radius 2 is 2.00 bits per heavy atom. The number of hydrogen-bond acceptors (Lipinski definition) is 3. The van der Waals surface area contributed by atoms with Gasteiger partial charge < -0.3 is 15.3 Å². The molecule has 2 N–H and O–H groups in total. The first kappa shape index (κ1) is 11.5. The fourth-order valence-corrected chi connectivity index (χ4v) is 1.73. The van der Waals surface area contributed by atoms with Crippen LogP contribution in [0.2, 0.25) is 0 Å². The average Bonchev–Trinajstić information content (AvgIpc) is 2.47. The number of hydrogen-bond donors (Lipinski definition) is 2. The highest BCUT2D eigenvalue weighted by Gasteiger charge is 2.35. The van der Waals surface area contributed by atoms with Crippen molar-refractivity contribution >= 4 is 5.91 Å². The first-order valence-corrected chi connectivity index (χ1v) is 5.00. The predicted octanol–water partition coefficient (Wildman–Crippen LogP) is -0.176. The molecule has 0 aromatic carbocycles. The molecule has 1 heterocycles. The van der Waals surface area contributed by atoms with Gasteiger partial charge in [0.2, 0.25) is 5.91 Å². The molecule has 0 aliphatic carbocycles. The molecule has 0 aromatic rings. The monoisotopic (exact) mass is 200 g/mol. The van der Waals surface area contributed by atoms with Crippen molar-refractivity contribution < 1.29 is 9.90 Å². The van der Waals surface area contributed by atoms with Gasteiger partial charge in [0.15, 0.2) is 0 Å². The van der Waals surface area contributed by atoms with E-state index < -0.39 is 6.10 Å². The van der Waals surface area contributed by atoms with Gasteiger partial charge in [-0.1, -0.05) is 20.8 Å². The molecule has 1 saturated heterocycles. The molecule has 0 unspecified atom stereocenters. The number of β-amino-alcohol motifs (C(OH)–C–C–N with tert-alkyl or cyclic N) is 1. The van der Waals surface area contributed by atoms with Gasteiger partial charge in [-0.25, -0.2) is 0 Å². The number of amides is 1. The zero-order chi connectivity index (χ0) is 10.9. The van der Waals surface area contributed by atoms with Crippen LogP contribution in [0.25, 0.3) is 0 Å². The lowest BCUT2D eigenvalue weighted by Crippen LogP contribution is -2.48. The number of rotatable bonds is 1. The van der Waals surface area contributed by atoms with Crippen LogP contribution in [-0.2, 0) is 4.79 Å². The molecule has 0 radical (unpaired) electrons. The summed E-state index contributed by atoms with van der Waals surface area (Å²) in [6.45, 7) is 6.92. The molecule has 4 nitrogen and oxygen atoms in total. The van der Waals surface area contributed by atoms with E-state index in [0.717, 1.165) is 0 Å². The van der Waals surface area contributed by atoms with Gasteiger partial charge in [0, 0.05) is 25.6 Å². The summed E-state index contributed by atoms with van der Waals surface area (Å²) in [5, 5.41) is 12.7. The average molecular weight is 200 g/mol. The van der Waals surface area contributed by atoms with Crippen molar-refractivity contribution in [2.75, 3.05) is 20.1 Å². The molecule has 14 heavy (non-hydrogen) atoms. The summed E-state index contributed by atoms with van der Waals surface area (Å²) in [5.74, 6) is 0.0743. The lowest BCUT2D eigenvalue weighted by Gasteiger charge is -2.31. The van der Waals surface area contributed by atoms with Gasteiger partial charge >= 0.3 is 0 Å². The van der Waals surface area contributed by atoms with E-state index in [-0.39, 0.29) is 17.4 Å². The molecule has 1 rings (SSSR count). The van der Waals surface area contributed by atoms with Crippen LogP contribution in [0, 0.1) is 5.41 Å². The molecule has 1 aliphatic rings. The minimum atomic E-state index is -0.439. The largest absolute Gasteiger partial charge is 0.390 e. The predicted molar refractivity (Wildman–Crippen MR) is 54.9 cm³/mol. The van der Waals surface area contributed by atoms with E-state index in [0.29, 0.717) is 13.1 Å². The van der Waals surface area contributed by atoms with Crippen LogP contribution in [0.5, 0.6) is 0 Å². The summed E-state index contributed by atoms with van der Waals surface area (Å²) in [6, 6.07) is -0.0817. The lowest BCUT2D eigenvalue weighted by atomic mass is 9.94. The SMILES string of the molecule is CN(C(=O)C(C)(C)C)[C@H]1CNC[C@@H]1O. The van der Waals surface area contributed by atoms with E-state index in [2.05, 4.69) is 5.32 Å². The van der Waals surface area contributed by atoms with Crippen LogP contribution in [-0.4, -0.2) is 48.2 Å². The highest BCUT2D eigenvalue weighted by Crippen LogP contribution is 2.19. The van der Waals surface area contributed by atoms with Gasteiger partial charge in [0.25, 0.3) is 0 Å². The summed E-state index contributed by atoms with van der Waals surface area (Å²) >= 11 is 0. The fraction of sp³-hybridized carbons (Fsp3) is 0.900. The van der Waals surface area contributed by atoms with E-state index in [1.54, 1.807) is 11.9 Å². The number of nitrogens with zero attached hydrogens (tertiary/aromatic N) is 1. The Morgan fingerprint density at radius 3 is 2.36 bits per heavy atom. The number of nitrogens with one attached hydrogen (secondary N) is 1. The van der Waals surface area contributed by atoms with Crippen molar-refractivity contribution in [2.45, 2.75) is 32.9 Å². The molecule has 0 aromatic heterocycles. The van der Waals surface area contributed by atoms with E-state index >= 15 is 0 Å². The minimum absolute atomic E-state index is 0.0743. The molecule has 2 atom stereocenters. The van der Waals surface area contributed by atoms with Crippen LogP contribution < -0.4 is 5.32 Å². The molecule has 0 spiro atoms. The Bertz CT molecular complexity index is 223. The highest BCUT2D eigenvalue weighted by molar-refractivity contribution is 5.81. The first-order valence-electron chi connectivity index (χ1n) is 5.00. The second-order valence-electron chi connectivity index (χ2n) is 4.96. The Labute approximate surface area is 85.3 Å². The van der Waals surface area contributed by atoms with Crippen molar-refractivity contribution in [3.05, 3.63) is 0 Å². The zero-order valence-electron chi connectivity index (χ0n) is 9.37. The number of carbonyl (C=O) groups is 1. The number of carbonyl (C=O) groups excluding carboxylic acids is 1. The van der Waals surface area contributed by atoms with E-state index in [1.807, 2.05) is 20.8 Å². The maximum absolute atomic E-state index is 11.9. The fourth-order valence-electron chi connectivity index (χ4n) is 1.73. The van der Waals surface area contributed by atoms with Crippen LogP contribution in [0.15, 0.2) is 0 Å². The second kappa shape index (κ2) is 3.87. The molecular formula is C10H20N2O2. The first-order chi connectivity index (χ1) is 6.34. The number of likely N-dealkylation sites (N-methyl/N-ethyl adjacent to an activating group) is 1. The van der Waals surface area contributed by atoms with Gasteiger partial charge in [-0.15, -0.1) is 0 Å².